The van der Waals surface area contributed by atoms with Gasteiger partial charge in [-0.2, -0.15) is 5.10 Å². The van der Waals surface area contributed by atoms with E-state index < -0.39 is 0 Å². The molecule has 0 aliphatic carbocycles. The van der Waals surface area contributed by atoms with Crippen molar-refractivity contribution < 1.29 is 9.59 Å². The van der Waals surface area contributed by atoms with Crippen molar-refractivity contribution in [3.8, 4) is 5.69 Å². The molecular formula is C15H16N4O2. The normalized spacial score (nSPS) is 15.4. The summed E-state index contributed by atoms with van der Waals surface area (Å²) in [6.45, 7) is 1.35. The number of rotatable bonds is 2. The first kappa shape index (κ1) is 13.4. The second kappa shape index (κ2) is 5.78. The van der Waals surface area contributed by atoms with Crippen molar-refractivity contribution in [3.63, 3.8) is 0 Å². The second-order valence-electron chi connectivity index (χ2n) is 4.93. The van der Waals surface area contributed by atoms with Gasteiger partial charge in [0.05, 0.1) is 12.2 Å². The minimum Gasteiger partial charge on any atom is -0.354 e. The molecule has 0 atom stereocenters. The fraction of sp³-hybridized carbons (Fsp3) is 0.267. The van der Waals surface area contributed by atoms with E-state index in [1.165, 1.54) is 0 Å². The minimum atomic E-state index is -0.112. The fourth-order valence-electron chi connectivity index (χ4n) is 2.34. The molecular weight excluding hydrogens is 268 g/mol. The van der Waals surface area contributed by atoms with Gasteiger partial charge in [0, 0.05) is 31.0 Å². The Labute approximate surface area is 122 Å². The Morgan fingerprint density at radius 3 is 2.76 bits per heavy atom. The highest BCUT2D eigenvalue weighted by molar-refractivity contribution is 5.96. The van der Waals surface area contributed by atoms with Gasteiger partial charge in [0.2, 0.25) is 5.91 Å². The van der Waals surface area contributed by atoms with Gasteiger partial charge in [-0.1, -0.05) is 0 Å². The van der Waals surface area contributed by atoms with Crippen LogP contribution < -0.4 is 5.32 Å². The average molecular weight is 284 g/mol. The monoisotopic (exact) mass is 284 g/mol. The Balaban J connectivity index is 1.77. The quantitative estimate of drug-likeness (QED) is 0.888. The van der Waals surface area contributed by atoms with E-state index in [-0.39, 0.29) is 18.4 Å². The molecule has 1 fully saturated rings. The molecule has 1 aromatic carbocycles. The van der Waals surface area contributed by atoms with E-state index in [4.69, 9.17) is 0 Å². The van der Waals surface area contributed by atoms with Gasteiger partial charge in [0.15, 0.2) is 0 Å². The highest BCUT2D eigenvalue weighted by Gasteiger charge is 2.20. The molecule has 1 N–H and O–H groups in total. The largest absolute Gasteiger partial charge is 0.354 e. The van der Waals surface area contributed by atoms with Crippen molar-refractivity contribution >= 4 is 11.8 Å². The number of carbonyl (C=O) groups is 2. The third kappa shape index (κ3) is 2.94. The maximum atomic E-state index is 12.4. The molecule has 21 heavy (non-hydrogen) atoms. The first-order valence-electron chi connectivity index (χ1n) is 6.90. The maximum absolute atomic E-state index is 12.4. The molecule has 0 bridgehead atoms. The smallest absolute Gasteiger partial charge is 0.254 e. The topological polar surface area (TPSA) is 67.2 Å². The predicted molar refractivity (Wildman–Crippen MR) is 77.1 cm³/mol. The van der Waals surface area contributed by atoms with Crippen LogP contribution in [0.1, 0.15) is 16.8 Å². The number of nitrogens with one attached hydrogen (secondary N) is 1. The molecule has 1 saturated heterocycles. The van der Waals surface area contributed by atoms with Gasteiger partial charge in [0.25, 0.3) is 5.91 Å². The summed E-state index contributed by atoms with van der Waals surface area (Å²) in [6.07, 6.45) is 4.33. The van der Waals surface area contributed by atoms with Gasteiger partial charge in [-0.25, -0.2) is 4.68 Å². The molecule has 108 valence electrons. The van der Waals surface area contributed by atoms with E-state index in [0.29, 0.717) is 18.7 Å². The molecule has 0 saturated carbocycles. The third-order valence-corrected chi connectivity index (χ3v) is 3.43. The zero-order valence-corrected chi connectivity index (χ0v) is 11.5. The molecule has 1 aliphatic heterocycles. The molecule has 1 aromatic heterocycles. The van der Waals surface area contributed by atoms with Crippen molar-refractivity contribution in [2.45, 2.75) is 6.42 Å². The Bertz CT molecular complexity index is 634. The molecule has 1 aliphatic rings. The Kier molecular flexibility index (Phi) is 3.68. The molecule has 2 aromatic rings. The first-order valence-corrected chi connectivity index (χ1v) is 6.90. The summed E-state index contributed by atoms with van der Waals surface area (Å²) in [5.74, 6) is -0.215. The summed E-state index contributed by atoms with van der Waals surface area (Å²) in [4.78, 5) is 25.5. The average Bonchev–Trinajstić information content (AvgIpc) is 2.96. The highest BCUT2D eigenvalue weighted by Crippen LogP contribution is 2.11. The van der Waals surface area contributed by atoms with Crippen LogP contribution in [0.25, 0.3) is 5.69 Å². The van der Waals surface area contributed by atoms with Crippen molar-refractivity contribution in [2.75, 3.05) is 19.6 Å². The van der Waals surface area contributed by atoms with Gasteiger partial charge in [-0.15, -0.1) is 0 Å². The molecule has 2 heterocycles. The summed E-state index contributed by atoms with van der Waals surface area (Å²) in [6, 6.07) is 9.06. The Morgan fingerprint density at radius 2 is 2.05 bits per heavy atom. The molecule has 3 rings (SSSR count). The van der Waals surface area contributed by atoms with Gasteiger partial charge >= 0.3 is 0 Å². The van der Waals surface area contributed by atoms with Crippen molar-refractivity contribution in [1.82, 2.24) is 20.0 Å². The standard InChI is InChI=1S/C15H16N4O2/c20-14-11-18(9-1-7-16-14)15(21)12-3-5-13(6-4-12)19-10-2-8-17-19/h2-6,8,10H,1,7,9,11H2,(H,16,20). The molecule has 6 nitrogen and oxygen atoms in total. The van der Waals surface area contributed by atoms with E-state index in [0.717, 1.165) is 12.1 Å². The highest BCUT2D eigenvalue weighted by atomic mass is 16.2. The molecule has 6 heteroatoms. The fourth-order valence-corrected chi connectivity index (χ4v) is 2.34. The van der Waals surface area contributed by atoms with E-state index in [9.17, 15) is 9.59 Å². The Morgan fingerprint density at radius 1 is 1.24 bits per heavy atom. The number of benzene rings is 1. The van der Waals surface area contributed by atoms with Crippen molar-refractivity contribution in [1.29, 1.82) is 0 Å². The number of carbonyl (C=O) groups excluding carboxylic acids is 2. The van der Waals surface area contributed by atoms with Crippen LogP contribution in [0, 0.1) is 0 Å². The maximum Gasteiger partial charge on any atom is 0.254 e. The van der Waals surface area contributed by atoms with Crippen LogP contribution in [0.15, 0.2) is 42.7 Å². The lowest BCUT2D eigenvalue weighted by Crippen LogP contribution is -2.37. The van der Waals surface area contributed by atoms with Crippen LogP contribution in [0.5, 0.6) is 0 Å². The van der Waals surface area contributed by atoms with E-state index in [1.54, 1.807) is 27.9 Å². The van der Waals surface area contributed by atoms with Crippen LogP contribution in [0.3, 0.4) is 0 Å². The Hall–Kier alpha value is -2.63. The SMILES string of the molecule is O=C1CN(C(=O)c2ccc(-n3cccn3)cc2)CCCN1. The lowest BCUT2D eigenvalue weighted by atomic mass is 10.1. The molecule has 2 amide bonds. The number of hydrogen-bond acceptors (Lipinski definition) is 3. The summed E-state index contributed by atoms with van der Waals surface area (Å²) < 4.78 is 1.73. The number of aromatic nitrogens is 2. The van der Waals surface area contributed by atoms with E-state index in [2.05, 4.69) is 10.4 Å². The van der Waals surface area contributed by atoms with Crippen LogP contribution in [0.2, 0.25) is 0 Å². The molecule has 0 unspecified atom stereocenters. The van der Waals surface area contributed by atoms with E-state index >= 15 is 0 Å². The van der Waals surface area contributed by atoms with Gasteiger partial charge in [-0.3, -0.25) is 9.59 Å². The van der Waals surface area contributed by atoms with Crippen LogP contribution in [-0.2, 0) is 4.79 Å². The first-order chi connectivity index (χ1) is 10.2. The van der Waals surface area contributed by atoms with Gasteiger partial charge in [-0.05, 0) is 36.8 Å². The lowest BCUT2D eigenvalue weighted by Gasteiger charge is -2.19. The van der Waals surface area contributed by atoms with Crippen molar-refractivity contribution in [2.24, 2.45) is 0 Å². The van der Waals surface area contributed by atoms with E-state index in [1.807, 2.05) is 24.4 Å². The van der Waals surface area contributed by atoms with Crippen molar-refractivity contribution in [3.05, 3.63) is 48.3 Å². The lowest BCUT2D eigenvalue weighted by molar-refractivity contribution is -0.121. The summed E-state index contributed by atoms with van der Waals surface area (Å²) >= 11 is 0. The van der Waals surface area contributed by atoms with Gasteiger partial charge < -0.3 is 10.2 Å². The summed E-state index contributed by atoms with van der Waals surface area (Å²) in [7, 11) is 0. The minimum absolute atomic E-state index is 0.103. The number of hydrogen-bond donors (Lipinski definition) is 1. The molecule has 0 radical (unpaired) electrons. The number of amides is 2. The number of nitrogens with zero attached hydrogens (tertiary/aromatic N) is 3. The molecule has 0 spiro atoms. The van der Waals surface area contributed by atoms with Crippen LogP contribution >= 0.6 is 0 Å². The zero-order chi connectivity index (χ0) is 14.7. The summed E-state index contributed by atoms with van der Waals surface area (Å²) in [5.41, 5.74) is 1.48. The van der Waals surface area contributed by atoms with Crippen LogP contribution in [-0.4, -0.2) is 46.1 Å². The zero-order valence-electron chi connectivity index (χ0n) is 11.5. The summed E-state index contributed by atoms with van der Waals surface area (Å²) in [5, 5.41) is 6.91. The predicted octanol–water partition coefficient (Wildman–Crippen LogP) is 0.834. The van der Waals surface area contributed by atoms with Gasteiger partial charge in [0.1, 0.15) is 0 Å². The second-order valence-corrected chi connectivity index (χ2v) is 4.93. The third-order valence-electron chi connectivity index (χ3n) is 3.43. The van der Waals surface area contributed by atoms with Crippen LogP contribution in [0.4, 0.5) is 0 Å².